The Kier molecular flexibility index (Phi) is 4.93. The highest BCUT2D eigenvalue weighted by atomic mass is 16.5. The Morgan fingerprint density at radius 3 is 2.95 bits per heavy atom. The summed E-state index contributed by atoms with van der Waals surface area (Å²) in [4.78, 5) is 25.5. The van der Waals surface area contributed by atoms with Crippen LogP contribution in [0.5, 0.6) is 5.75 Å². The van der Waals surface area contributed by atoms with Crippen LogP contribution in [-0.4, -0.2) is 49.6 Å². The van der Waals surface area contributed by atoms with Crippen molar-refractivity contribution in [3.63, 3.8) is 0 Å². The Balaban J connectivity index is 2.10. The minimum Gasteiger partial charge on any atom is -0.479 e. The molecule has 0 bridgehead atoms. The summed E-state index contributed by atoms with van der Waals surface area (Å²) in [6.07, 6.45) is 0.102. The second-order valence-corrected chi connectivity index (χ2v) is 5.02. The number of fused-ring (bicyclic) bond motifs is 1. The number of amides is 1. The van der Waals surface area contributed by atoms with Crippen molar-refractivity contribution in [3.05, 3.63) is 23.8 Å². The van der Waals surface area contributed by atoms with Crippen LogP contribution in [0.3, 0.4) is 0 Å². The molecule has 1 aromatic carbocycles. The van der Waals surface area contributed by atoms with Crippen LogP contribution in [0.25, 0.3) is 0 Å². The zero-order valence-corrected chi connectivity index (χ0v) is 12.3. The van der Waals surface area contributed by atoms with E-state index >= 15 is 0 Å². The number of carbonyl (C=O) groups excluding carboxylic acids is 2. The van der Waals surface area contributed by atoms with Crippen molar-refractivity contribution in [2.45, 2.75) is 19.4 Å². The summed E-state index contributed by atoms with van der Waals surface area (Å²) in [6.45, 7) is 2.59. The SMILES string of the molecule is CC1Oc2ccc(C(=O)CNCCCO)cc2N(C)C1=O. The predicted molar refractivity (Wildman–Crippen MR) is 78.8 cm³/mol. The number of Topliss-reactive ketones (excluding diaryl/α,β-unsaturated/α-hetero) is 1. The maximum absolute atomic E-state index is 12.1. The van der Waals surface area contributed by atoms with Gasteiger partial charge in [-0.2, -0.15) is 0 Å². The molecule has 0 saturated carbocycles. The number of anilines is 1. The molecule has 0 aromatic heterocycles. The first-order chi connectivity index (χ1) is 10.0. The molecule has 2 rings (SSSR count). The number of ketones is 1. The summed E-state index contributed by atoms with van der Waals surface area (Å²) in [5.74, 6) is 0.415. The Morgan fingerprint density at radius 2 is 2.24 bits per heavy atom. The Hall–Kier alpha value is -1.92. The number of aliphatic hydroxyl groups excluding tert-OH is 1. The van der Waals surface area contributed by atoms with Crippen molar-refractivity contribution in [1.29, 1.82) is 0 Å². The number of ether oxygens (including phenoxy) is 1. The number of rotatable bonds is 6. The van der Waals surface area contributed by atoms with E-state index in [1.165, 1.54) is 4.90 Å². The van der Waals surface area contributed by atoms with Gasteiger partial charge in [-0.1, -0.05) is 0 Å². The normalized spacial score (nSPS) is 17.4. The van der Waals surface area contributed by atoms with Crippen molar-refractivity contribution >= 4 is 17.4 Å². The zero-order valence-electron chi connectivity index (χ0n) is 12.3. The van der Waals surface area contributed by atoms with Gasteiger partial charge in [0.15, 0.2) is 11.9 Å². The van der Waals surface area contributed by atoms with E-state index in [1.807, 2.05) is 0 Å². The molecule has 0 spiro atoms. The van der Waals surface area contributed by atoms with Gasteiger partial charge < -0.3 is 20.1 Å². The number of carbonyl (C=O) groups is 2. The molecule has 21 heavy (non-hydrogen) atoms. The van der Waals surface area contributed by atoms with E-state index in [0.29, 0.717) is 30.0 Å². The summed E-state index contributed by atoms with van der Waals surface area (Å²) >= 11 is 0. The fourth-order valence-electron chi connectivity index (χ4n) is 2.19. The van der Waals surface area contributed by atoms with E-state index in [0.717, 1.165) is 0 Å². The summed E-state index contributed by atoms with van der Waals surface area (Å²) in [5, 5.41) is 11.7. The Bertz CT molecular complexity index is 544. The van der Waals surface area contributed by atoms with Gasteiger partial charge in [0.1, 0.15) is 5.75 Å². The van der Waals surface area contributed by atoms with Crippen LogP contribution >= 0.6 is 0 Å². The molecule has 1 aliphatic heterocycles. The third kappa shape index (κ3) is 3.40. The molecule has 114 valence electrons. The van der Waals surface area contributed by atoms with Crippen LogP contribution in [0.4, 0.5) is 5.69 Å². The van der Waals surface area contributed by atoms with E-state index in [9.17, 15) is 9.59 Å². The van der Waals surface area contributed by atoms with Crippen LogP contribution in [-0.2, 0) is 4.79 Å². The summed E-state index contributed by atoms with van der Waals surface area (Å²) in [7, 11) is 1.67. The maximum atomic E-state index is 12.1. The summed E-state index contributed by atoms with van der Waals surface area (Å²) in [5.41, 5.74) is 1.14. The number of benzene rings is 1. The van der Waals surface area contributed by atoms with Gasteiger partial charge >= 0.3 is 0 Å². The quantitative estimate of drug-likeness (QED) is 0.592. The number of hydrogen-bond acceptors (Lipinski definition) is 5. The highest BCUT2D eigenvalue weighted by Gasteiger charge is 2.29. The van der Waals surface area contributed by atoms with Gasteiger partial charge in [0.05, 0.1) is 12.2 Å². The average Bonchev–Trinajstić information content (AvgIpc) is 2.49. The molecule has 2 N–H and O–H groups in total. The zero-order chi connectivity index (χ0) is 15.4. The lowest BCUT2D eigenvalue weighted by atomic mass is 10.1. The summed E-state index contributed by atoms with van der Waals surface area (Å²) in [6, 6.07) is 5.09. The highest BCUT2D eigenvalue weighted by molar-refractivity contribution is 6.03. The highest BCUT2D eigenvalue weighted by Crippen LogP contribution is 2.33. The molecular weight excluding hydrogens is 272 g/mol. The summed E-state index contributed by atoms with van der Waals surface area (Å²) < 4.78 is 5.52. The Labute approximate surface area is 123 Å². The first kappa shape index (κ1) is 15.5. The molecule has 1 atom stereocenters. The maximum Gasteiger partial charge on any atom is 0.267 e. The van der Waals surface area contributed by atoms with E-state index in [4.69, 9.17) is 9.84 Å². The molecule has 1 amide bonds. The fraction of sp³-hybridized carbons (Fsp3) is 0.467. The average molecular weight is 292 g/mol. The lowest BCUT2D eigenvalue weighted by Crippen LogP contribution is -2.42. The third-order valence-electron chi connectivity index (χ3n) is 3.42. The van der Waals surface area contributed by atoms with Gasteiger partial charge in [-0.3, -0.25) is 9.59 Å². The van der Waals surface area contributed by atoms with Gasteiger partial charge in [-0.25, -0.2) is 0 Å². The largest absolute Gasteiger partial charge is 0.479 e. The minimum atomic E-state index is -0.510. The van der Waals surface area contributed by atoms with E-state index in [-0.39, 0.29) is 24.8 Å². The van der Waals surface area contributed by atoms with Gasteiger partial charge in [-0.15, -0.1) is 0 Å². The first-order valence-electron chi connectivity index (χ1n) is 6.97. The van der Waals surface area contributed by atoms with Gasteiger partial charge in [0.2, 0.25) is 0 Å². The first-order valence-corrected chi connectivity index (χ1v) is 6.97. The van der Waals surface area contributed by atoms with Gasteiger partial charge in [-0.05, 0) is 38.1 Å². The monoisotopic (exact) mass is 292 g/mol. The van der Waals surface area contributed by atoms with Crippen molar-refractivity contribution in [3.8, 4) is 5.75 Å². The smallest absolute Gasteiger partial charge is 0.267 e. The number of aliphatic hydroxyl groups is 1. The second-order valence-electron chi connectivity index (χ2n) is 5.02. The molecular formula is C15H20N2O4. The number of hydrogen-bond donors (Lipinski definition) is 2. The molecule has 1 aromatic rings. The number of nitrogens with zero attached hydrogens (tertiary/aromatic N) is 1. The molecule has 0 radical (unpaired) electrons. The van der Waals surface area contributed by atoms with Gasteiger partial charge in [0, 0.05) is 19.2 Å². The van der Waals surface area contributed by atoms with Crippen LogP contribution in [0.1, 0.15) is 23.7 Å². The standard InChI is InChI=1S/C15H20N2O4/c1-10-15(20)17(2)12-8-11(4-5-14(12)21-10)13(19)9-16-6-3-7-18/h4-5,8,10,16,18H,3,6-7,9H2,1-2H3. The molecule has 1 aliphatic rings. The predicted octanol–water partition coefficient (Wildman–Crippen LogP) is 0.585. The minimum absolute atomic E-state index is 0.0600. The lowest BCUT2D eigenvalue weighted by Gasteiger charge is -2.30. The number of likely N-dealkylation sites (N-methyl/N-ethyl adjacent to an activating group) is 1. The molecule has 0 aliphatic carbocycles. The van der Waals surface area contributed by atoms with Crippen molar-refractivity contribution in [1.82, 2.24) is 5.32 Å². The molecule has 0 fully saturated rings. The second kappa shape index (κ2) is 6.69. The third-order valence-corrected chi connectivity index (χ3v) is 3.42. The molecule has 1 unspecified atom stereocenters. The van der Waals surface area contributed by atoms with Crippen LogP contribution in [0.15, 0.2) is 18.2 Å². The van der Waals surface area contributed by atoms with Gasteiger partial charge in [0.25, 0.3) is 5.91 Å². The van der Waals surface area contributed by atoms with E-state index in [2.05, 4.69) is 5.32 Å². The molecule has 6 heteroatoms. The topological polar surface area (TPSA) is 78.9 Å². The Morgan fingerprint density at radius 1 is 1.48 bits per heavy atom. The van der Waals surface area contributed by atoms with Crippen molar-refractivity contribution in [2.24, 2.45) is 0 Å². The molecule has 1 heterocycles. The number of nitrogens with one attached hydrogen (secondary N) is 1. The van der Waals surface area contributed by atoms with Crippen molar-refractivity contribution in [2.75, 3.05) is 31.6 Å². The van der Waals surface area contributed by atoms with E-state index in [1.54, 1.807) is 32.2 Å². The molecule has 0 saturated heterocycles. The van der Waals surface area contributed by atoms with E-state index < -0.39 is 6.10 Å². The van der Waals surface area contributed by atoms with Crippen LogP contribution in [0, 0.1) is 0 Å². The van der Waals surface area contributed by atoms with Crippen molar-refractivity contribution < 1.29 is 19.4 Å². The lowest BCUT2D eigenvalue weighted by molar-refractivity contribution is -0.125. The fourth-order valence-corrected chi connectivity index (χ4v) is 2.19. The molecule has 6 nitrogen and oxygen atoms in total. The van der Waals surface area contributed by atoms with Crippen LogP contribution < -0.4 is 15.0 Å². The van der Waals surface area contributed by atoms with Crippen LogP contribution in [0.2, 0.25) is 0 Å².